The molecule has 4 rings (SSSR count). The molecule has 0 spiro atoms. The Kier molecular flexibility index (Phi) is 7.38. The van der Waals surface area contributed by atoms with Crippen LogP contribution in [0.3, 0.4) is 0 Å². The molecule has 168 valence electrons. The third-order valence-electron chi connectivity index (χ3n) is 6.45. The molecule has 1 N–H and O–H groups in total. The van der Waals surface area contributed by atoms with Gasteiger partial charge in [0.05, 0.1) is 6.04 Å². The number of aromatic amines is 1. The van der Waals surface area contributed by atoms with Gasteiger partial charge in [-0.3, -0.25) is 14.7 Å². The second-order valence-electron chi connectivity index (χ2n) is 8.66. The van der Waals surface area contributed by atoms with E-state index in [0.29, 0.717) is 5.95 Å². The Hall–Kier alpha value is -2.92. The van der Waals surface area contributed by atoms with Gasteiger partial charge in [0.15, 0.2) is 0 Å². The topological polar surface area (TPSA) is 52.2 Å². The first-order valence-corrected chi connectivity index (χ1v) is 11.9. The van der Waals surface area contributed by atoms with Gasteiger partial charge in [-0.1, -0.05) is 80.4 Å². The van der Waals surface area contributed by atoms with Gasteiger partial charge in [0.25, 0.3) is 5.56 Å². The van der Waals surface area contributed by atoms with Gasteiger partial charge in [-0.15, -0.1) is 0 Å². The number of anilines is 1. The van der Waals surface area contributed by atoms with E-state index >= 15 is 0 Å². The first-order chi connectivity index (χ1) is 15.7. The van der Waals surface area contributed by atoms with E-state index in [9.17, 15) is 4.79 Å². The number of nitrogens with one attached hydrogen (secondary N) is 1. The molecule has 1 fully saturated rings. The molecule has 0 amide bonds. The number of unbranched alkanes of at least 4 members (excludes halogenated alkanes) is 2. The van der Waals surface area contributed by atoms with Gasteiger partial charge in [-0.25, -0.2) is 4.98 Å². The van der Waals surface area contributed by atoms with Crippen molar-refractivity contribution in [3.8, 4) is 0 Å². The summed E-state index contributed by atoms with van der Waals surface area (Å²) in [7, 11) is 0. The summed E-state index contributed by atoms with van der Waals surface area (Å²) in [6.07, 6.45) is 4.15. The summed E-state index contributed by atoms with van der Waals surface area (Å²) < 4.78 is 0. The van der Waals surface area contributed by atoms with Crippen LogP contribution in [0.5, 0.6) is 0 Å². The van der Waals surface area contributed by atoms with Crippen LogP contribution in [0.15, 0.2) is 65.5 Å². The molecular formula is C27H34N4O. The fraction of sp³-hybridized carbons (Fsp3) is 0.407. The quantitative estimate of drug-likeness (QED) is 0.525. The van der Waals surface area contributed by atoms with Crippen molar-refractivity contribution in [1.29, 1.82) is 0 Å². The minimum Gasteiger partial charge on any atom is -0.340 e. The molecule has 5 heteroatoms. The maximum atomic E-state index is 12.7. The van der Waals surface area contributed by atoms with Crippen molar-refractivity contribution in [2.24, 2.45) is 0 Å². The van der Waals surface area contributed by atoms with E-state index in [1.165, 1.54) is 11.1 Å². The number of H-pyrrole nitrogens is 1. The van der Waals surface area contributed by atoms with Crippen molar-refractivity contribution < 1.29 is 0 Å². The monoisotopic (exact) mass is 430 g/mol. The van der Waals surface area contributed by atoms with E-state index in [4.69, 9.17) is 4.98 Å². The first-order valence-electron chi connectivity index (χ1n) is 11.9. The summed E-state index contributed by atoms with van der Waals surface area (Å²) in [5.41, 5.74) is 4.36. The molecule has 32 heavy (non-hydrogen) atoms. The maximum Gasteiger partial charge on any atom is 0.255 e. The Labute approximate surface area is 191 Å². The summed E-state index contributed by atoms with van der Waals surface area (Å²) in [5.74, 6) is 0.711. The molecule has 2 aromatic carbocycles. The van der Waals surface area contributed by atoms with E-state index in [1.54, 1.807) is 0 Å². The zero-order valence-electron chi connectivity index (χ0n) is 19.3. The van der Waals surface area contributed by atoms with Crippen molar-refractivity contribution >= 4 is 5.95 Å². The summed E-state index contributed by atoms with van der Waals surface area (Å²) in [4.78, 5) is 25.3. The van der Waals surface area contributed by atoms with Crippen LogP contribution in [-0.2, 0) is 6.42 Å². The Morgan fingerprint density at radius 2 is 1.50 bits per heavy atom. The lowest BCUT2D eigenvalue weighted by Crippen LogP contribution is -2.48. The second kappa shape index (κ2) is 10.6. The van der Waals surface area contributed by atoms with Crippen LogP contribution >= 0.6 is 0 Å². The van der Waals surface area contributed by atoms with Gasteiger partial charge < -0.3 is 4.90 Å². The third kappa shape index (κ3) is 5.10. The van der Waals surface area contributed by atoms with Crippen LogP contribution in [0, 0.1) is 6.92 Å². The van der Waals surface area contributed by atoms with E-state index < -0.39 is 0 Å². The molecule has 0 bridgehead atoms. The normalized spacial score (nSPS) is 14.8. The van der Waals surface area contributed by atoms with Gasteiger partial charge in [0.2, 0.25) is 5.95 Å². The predicted octanol–water partition coefficient (Wildman–Crippen LogP) is 4.72. The van der Waals surface area contributed by atoms with Crippen LogP contribution in [0.25, 0.3) is 0 Å². The van der Waals surface area contributed by atoms with Crippen LogP contribution in [0.4, 0.5) is 5.95 Å². The van der Waals surface area contributed by atoms with Crippen LogP contribution in [0.1, 0.15) is 54.6 Å². The number of nitrogens with zero attached hydrogens (tertiary/aromatic N) is 3. The number of hydrogen-bond donors (Lipinski definition) is 1. The summed E-state index contributed by atoms with van der Waals surface area (Å²) >= 11 is 0. The highest BCUT2D eigenvalue weighted by atomic mass is 16.1. The standard InChI is InChI=1S/C27H34N4O/c1-3-4-7-16-24-21(2)28-27(29-26(24)32)31-19-17-30(18-20-31)25(22-12-8-5-9-13-22)23-14-10-6-11-15-23/h5-6,8-15,25H,3-4,7,16-20H2,1-2H3,(H,28,29,32). The molecule has 0 saturated carbocycles. The van der Waals surface area contributed by atoms with Gasteiger partial charge in [-0.05, 0) is 30.9 Å². The number of aromatic nitrogens is 2. The molecule has 0 atom stereocenters. The molecule has 5 nitrogen and oxygen atoms in total. The number of rotatable bonds is 8. The Balaban J connectivity index is 1.49. The number of hydrogen-bond acceptors (Lipinski definition) is 4. The molecule has 0 aliphatic carbocycles. The summed E-state index contributed by atoms with van der Waals surface area (Å²) in [5, 5.41) is 0. The highest BCUT2D eigenvalue weighted by Crippen LogP contribution is 2.29. The maximum absolute atomic E-state index is 12.7. The second-order valence-corrected chi connectivity index (χ2v) is 8.66. The predicted molar refractivity (Wildman–Crippen MR) is 131 cm³/mol. The van der Waals surface area contributed by atoms with Crippen LogP contribution in [0.2, 0.25) is 0 Å². The highest BCUT2D eigenvalue weighted by Gasteiger charge is 2.27. The lowest BCUT2D eigenvalue weighted by molar-refractivity contribution is 0.211. The molecule has 3 aromatic rings. The van der Waals surface area contributed by atoms with Crippen molar-refractivity contribution in [2.75, 3.05) is 31.1 Å². The van der Waals surface area contributed by atoms with E-state index in [-0.39, 0.29) is 11.6 Å². The molecule has 0 unspecified atom stereocenters. The molecule has 2 heterocycles. The van der Waals surface area contributed by atoms with Gasteiger partial charge in [0, 0.05) is 37.4 Å². The smallest absolute Gasteiger partial charge is 0.255 e. The number of piperazine rings is 1. The van der Waals surface area contributed by atoms with Crippen molar-refractivity contribution in [1.82, 2.24) is 14.9 Å². The fourth-order valence-electron chi connectivity index (χ4n) is 4.67. The molecule has 1 aliphatic rings. The Morgan fingerprint density at radius 1 is 0.906 bits per heavy atom. The van der Waals surface area contributed by atoms with E-state index in [0.717, 1.165) is 63.1 Å². The Morgan fingerprint density at radius 3 is 2.03 bits per heavy atom. The lowest BCUT2D eigenvalue weighted by atomic mass is 9.96. The minimum absolute atomic E-state index is 0.0254. The largest absolute Gasteiger partial charge is 0.340 e. The summed E-state index contributed by atoms with van der Waals surface area (Å²) in [6.45, 7) is 7.65. The third-order valence-corrected chi connectivity index (χ3v) is 6.45. The zero-order valence-corrected chi connectivity index (χ0v) is 19.3. The van der Waals surface area contributed by atoms with Gasteiger partial charge in [-0.2, -0.15) is 0 Å². The Bertz CT molecular complexity index is 1000. The molecule has 1 saturated heterocycles. The number of aryl methyl sites for hydroxylation is 1. The average Bonchev–Trinajstić information content (AvgIpc) is 2.83. The molecule has 1 aliphatic heterocycles. The summed E-state index contributed by atoms with van der Waals surface area (Å²) in [6, 6.07) is 21.7. The van der Waals surface area contributed by atoms with E-state index in [2.05, 4.69) is 82.4 Å². The van der Waals surface area contributed by atoms with Gasteiger partial charge >= 0.3 is 0 Å². The lowest BCUT2D eigenvalue weighted by Gasteiger charge is -2.40. The van der Waals surface area contributed by atoms with Crippen LogP contribution < -0.4 is 10.5 Å². The molecular weight excluding hydrogens is 396 g/mol. The highest BCUT2D eigenvalue weighted by molar-refractivity contribution is 5.36. The number of benzene rings is 2. The molecule has 0 radical (unpaired) electrons. The van der Waals surface area contributed by atoms with Crippen molar-refractivity contribution in [3.63, 3.8) is 0 Å². The van der Waals surface area contributed by atoms with Gasteiger partial charge in [0.1, 0.15) is 0 Å². The van der Waals surface area contributed by atoms with Crippen molar-refractivity contribution in [2.45, 2.75) is 45.6 Å². The molecule has 1 aromatic heterocycles. The SMILES string of the molecule is CCCCCc1c(C)nc(N2CCN(C(c3ccccc3)c3ccccc3)CC2)[nH]c1=O. The first kappa shape index (κ1) is 22.3. The minimum atomic E-state index is 0.0254. The van der Waals surface area contributed by atoms with Crippen molar-refractivity contribution in [3.05, 3.63) is 93.4 Å². The van der Waals surface area contributed by atoms with E-state index in [1.807, 2.05) is 6.92 Å². The average molecular weight is 431 g/mol. The van der Waals surface area contributed by atoms with Crippen LogP contribution in [-0.4, -0.2) is 41.0 Å². The fourth-order valence-corrected chi connectivity index (χ4v) is 4.67. The zero-order chi connectivity index (χ0) is 22.3.